The molecule has 0 aliphatic carbocycles. The van der Waals surface area contributed by atoms with Crippen LogP contribution in [0.25, 0.3) is 0 Å². The summed E-state index contributed by atoms with van der Waals surface area (Å²) in [6.07, 6.45) is 2.51. The molecule has 3 rings (SSSR count). The molecule has 0 radical (unpaired) electrons. The third-order valence-electron chi connectivity index (χ3n) is 4.16. The number of nitrogens with one attached hydrogen (secondary N) is 2. The lowest BCUT2D eigenvalue weighted by Crippen LogP contribution is -2.09. The second kappa shape index (κ2) is 8.29. The van der Waals surface area contributed by atoms with Gasteiger partial charge in [-0.25, -0.2) is 0 Å². The Morgan fingerprint density at radius 1 is 1.00 bits per heavy atom. The van der Waals surface area contributed by atoms with Crippen molar-refractivity contribution in [1.82, 2.24) is 15.2 Å². The van der Waals surface area contributed by atoms with Gasteiger partial charge in [-0.05, 0) is 49.1 Å². The fourth-order valence-corrected chi connectivity index (χ4v) is 2.69. The highest BCUT2D eigenvalue weighted by atomic mass is 16.5. The van der Waals surface area contributed by atoms with Crippen molar-refractivity contribution in [3.63, 3.8) is 0 Å². The number of para-hydroxylation sites is 1. The maximum atomic E-state index is 5.17. The molecule has 0 aliphatic heterocycles. The van der Waals surface area contributed by atoms with Crippen LogP contribution < -0.4 is 15.4 Å². The molecule has 0 aliphatic rings. The van der Waals surface area contributed by atoms with Crippen molar-refractivity contribution >= 4 is 17.5 Å². The third-order valence-corrected chi connectivity index (χ3v) is 4.16. The van der Waals surface area contributed by atoms with Gasteiger partial charge in [0.15, 0.2) is 5.82 Å². The van der Waals surface area contributed by atoms with E-state index in [4.69, 9.17) is 4.74 Å². The van der Waals surface area contributed by atoms with Crippen LogP contribution >= 0.6 is 0 Å². The van der Waals surface area contributed by atoms with Gasteiger partial charge in [0.25, 0.3) is 0 Å². The number of methoxy groups -OCH3 is 1. The molecule has 0 bridgehead atoms. The molecular formula is C20H23N5O. The first kappa shape index (κ1) is 17.7. The molecule has 6 heteroatoms. The Labute approximate surface area is 153 Å². The van der Waals surface area contributed by atoms with Crippen LogP contribution in [0.5, 0.6) is 5.75 Å². The van der Waals surface area contributed by atoms with Crippen molar-refractivity contribution in [2.75, 3.05) is 24.3 Å². The molecule has 0 amide bonds. The van der Waals surface area contributed by atoms with Gasteiger partial charge < -0.3 is 15.4 Å². The van der Waals surface area contributed by atoms with Crippen molar-refractivity contribution in [3.8, 4) is 5.75 Å². The fraction of sp³-hybridized carbons (Fsp3) is 0.250. The number of nitrogens with zero attached hydrogens (tertiary/aromatic N) is 3. The van der Waals surface area contributed by atoms with Crippen molar-refractivity contribution in [1.29, 1.82) is 0 Å². The Balaban J connectivity index is 1.60. The van der Waals surface area contributed by atoms with E-state index in [1.165, 1.54) is 5.56 Å². The normalized spacial score (nSPS) is 10.4. The van der Waals surface area contributed by atoms with Gasteiger partial charge in [-0.1, -0.05) is 30.3 Å². The summed E-state index contributed by atoms with van der Waals surface area (Å²) in [5.41, 5.74) is 4.54. The van der Waals surface area contributed by atoms with Gasteiger partial charge in [-0.2, -0.15) is 10.1 Å². The summed E-state index contributed by atoms with van der Waals surface area (Å²) in [6, 6.07) is 14.2. The summed E-state index contributed by atoms with van der Waals surface area (Å²) in [7, 11) is 1.67. The Morgan fingerprint density at radius 3 is 2.42 bits per heavy atom. The minimum atomic E-state index is 0.483. The van der Waals surface area contributed by atoms with E-state index in [1.54, 1.807) is 13.3 Å². The number of anilines is 3. The summed E-state index contributed by atoms with van der Waals surface area (Å²) < 4.78 is 5.17. The molecule has 0 saturated heterocycles. The van der Waals surface area contributed by atoms with E-state index < -0.39 is 0 Å². The highest BCUT2D eigenvalue weighted by molar-refractivity contribution is 5.63. The molecule has 0 fully saturated rings. The first-order chi connectivity index (χ1) is 12.7. The molecule has 2 N–H and O–H groups in total. The first-order valence-electron chi connectivity index (χ1n) is 8.55. The van der Waals surface area contributed by atoms with Crippen LogP contribution in [0.3, 0.4) is 0 Å². The molecule has 0 saturated carbocycles. The number of hydrogen-bond donors (Lipinski definition) is 2. The average Bonchev–Trinajstić information content (AvgIpc) is 2.66. The highest BCUT2D eigenvalue weighted by Gasteiger charge is 2.06. The number of hydrogen-bond acceptors (Lipinski definition) is 6. The molecule has 0 atom stereocenters. The summed E-state index contributed by atoms with van der Waals surface area (Å²) in [5, 5.41) is 14.7. The van der Waals surface area contributed by atoms with Crippen LogP contribution in [0.1, 0.15) is 16.7 Å². The second-order valence-electron chi connectivity index (χ2n) is 6.08. The summed E-state index contributed by atoms with van der Waals surface area (Å²) in [4.78, 5) is 4.49. The third kappa shape index (κ3) is 4.47. The summed E-state index contributed by atoms with van der Waals surface area (Å²) in [6.45, 7) is 4.87. The Kier molecular flexibility index (Phi) is 5.63. The van der Waals surface area contributed by atoms with E-state index in [2.05, 4.69) is 63.9 Å². The van der Waals surface area contributed by atoms with Crippen LogP contribution in [0.4, 0.5) is 17.5 Å². The largest absolute Gasteiger partial charge is 0.497 e. The van der Waals surface area contributed by atoms with Crippen LogP contribution in [0, 0.1) is 13.8 Å². The van der Waals surface area contributed by atoms with E-state index in [-0.39, 0.29) is 0 Å². The summed E-state index contributed by atoms with van der Waals surface area (Å²) in [5.74, 6) is 2.04. The SMILES string of the molecule is COc1ccc(CCNc2cnnc(Nc3c(C)cccc3C)n2)cc1. The molecule has 2 aromatic carbocycles. The Hall–Kier alpha value is -3.15. The van der Waals surface area contributed by atoms with Crippen LogP contribution in [0.15, 0.2) is 48.7 Å². The van der Waals surface area contributed by atoms with Crippen molar-refractivity contribution < 1.29 is 4.74 Å². The zero-order valence-corrected chi connectivity index (χ0v) is 15.3. The van der Waals surface area contributed by atoms with Crippen LogP contribution in [-0.2, 0) is 6.42 Å². The lowest BCUT2D eigenvalue weighted by molar-refractivity contribution is 0.414. The van der Waals surface area contributed by atoms with Crippen molar-refractivity contribution in [2.24, 2.45) is 0 Å². The zero-order chi connectivity index (χ0) is 18.4. The van der Waals surface area contributed by atoms with Gasteiger partial charge in [-0.15, -0.1) is 5.10 Å². The number of benzene rings is 2. The van der Waals surface area contributed by atoms with Gasteiger partial charge in [0.05, 0.1) is 13.3 Å². The first-order valence-corrected chi connectivity index (χ1v) is 8.55. The lowest BCUT2D eigenvalue weighted by atomic mass is 10.1. The predicted molar refractivity (Wildman–Crippen MR) is 104 cm³/mol. The Morgan fingerprint density at radius 2 is 1.73 bits per heavy atom. The monoisotopic (exact) mass is 349 g/mol. The van der Waals surface area contributed by atoms with E-state index in [1.807, 2.05) is 18.2 Å². The van der Waals surface area contributed by atoms with Crippen molar-refractivity contribution in [3.05, 3.63) is 65.4 Å². The number of rotatable bonds is 7. The van der Waals surface area contributed by atoms with Gasteiger partial charge in [0.1, 0.15) is 5.75 Å². The number of ether oxygens (including phenoxy) is 1. The zero-order valence-electron chi connectivity index (χ0n) is 15.3. The lowest BCUT2D eigenvalue weighted by Gasteiger charge is -2.12. The predicted octanol–water partition coefficient (Wildman–Crippen LogP) is 3.90. The fourth-order valence-electron chi connectivity index (χ4n) is 2.69. The average molecular weight is 349 g/mol. The van der Waals surface area contributed by atoms with E-state index in [0.717, 1.165) is 35.5 Å². The molecule has 0 unspecified atom stereocenters. The maximum absolute atomic E-state index is 5.17. The second-order valence-corrected chi connectivity index (χ2v) is 6.08. The van der Waals surface area contributed by atoms with Gasteiger partial charge in [0.2, 0.25) is 5.95 Å². The van der Waals surface area contributed by atoms with E-state index in [9.17, 15) is 0 Å². The summed E-state index contributed by atoms with van der Waals surface area (Å²) >= 11 is 0. The van der Waals surface area contributed by atoms with Crippen LogP contribution in [0.2, 0.25) is 0 Å². The Bertz CT molecular complexity index is 844. The van der Waals surface area contributed by atoms with E-state index >= 15 is 0 Å². The number of aryl methyl sites for hydroxylation is 2. The van der Waals surface area contributed by atoms with Gasteiger partial charge in [-0.3, -0.25) is 0 Å². The smallest absolute Gasteiger partial charge is 0.249 e. The topological polar surface area (TPSA) is 72.0 Å². The number of aromatic nitrogens is 3. The molecule has 0 spiro atoms. The molecular weight excluding hydrogens is 326 g/mol. The maximum Gasteiger partial charge on any atom is 0.249 e. The minimum Gasteiger partial charge on any atom is -0.497 e. The molecule has 3 aromatic rings. The van der Waals surface area contributed by atoms with Crippen LogP contribution in [-0.4, -0.2) is 28.8 Å². The molecule has 1 heterocycles. The highest BCUT2D eigenvalue weighted by Crippen LogP contribution is 2.22. The van der Waals surface area contributed by atoms with Gasteiger partial charge >= 0.3 is 0 Å². The molecule has 134 valence electrons. The minimum absolute atomic E-state index is 0.483. The van der Waals surface area contributed by atoms with Gasteiger partial charge in [0, 0.05) is 12.2 Å². The standard InChI is InChI=1S/C20H23N5O/c1-14-5-4-6-15(2)19(14)24-20-23-18(13-22-25-20)21-12-11-16-7-9-17(26-3)10-8-16/h4-10,13H,11-12H2,1-3H3,(H2,21,23,24,25). The van der Waals surface area contributed by atoms with E-state index in [0.29, 0.717) is 11.8 Å². The molecule has 6 nitrogen and oxygen atoms in total. The van der Waals surface area contributed by atoms with Crippen molar-refractivity contribution in [2.45, 2.75) is 20.3 Å². The molecule has 1 aromatic heterocycles. The molecule has 26 heavy (non-hydrogen) atoms. The quantitative estimate of drug-likeness (QED) is 0.674.